The van der Waals surface area contributed by atoms with Gasteiger partial charge >= 0.3 is 0 Å². The highest BCUT2D eigenvalue weighted by atomic mass is 35.5. The first-order valence-electron chi connectivity index (χ1n) is 7.48. The van der Waals surface area contributed by atoms with Crippen molar-refractivity contribution in [2.75, 3.05) is 0 Å². The number of nitrogens with one attached hydrogen (secondary N) is 2. The minimum atomic E-state index is -0.881. The molecule has 0 spiro atoms. The van der Waals surface area contributed by atoms with Crippen LogP contribution in [0.25, 0.3) is 0 Å². The zero-order valence-electron chi connectivity index (χ0n) is 13.4. The van der Waals surface area contributed by atoms with Gasteiger partial charge in [-0.1, -0.05) is 37.6 Å². The number of halogens is 1. The smallest absolute Gasteiger partial charge is 0.223 e. The monoisotopic (exact) mass is 336 g/mol. The first-order valence-corrected chi connectivity index (χ1v) is 7.86. The van der Waals surface area contributed by atoms with Gasteiger partial charge in [-0.25, -0.2) is 4.98 Å². The van der Waals surface area contributed by atoms with E-state index in [0.717, 1.165) is 0 Å². The number of H-pyrrole nitrogens is 1. The molecule has 2 atom stereocenters. The van der Waals surface area contributed by atoms with Crippen LogP contribution in [-0.4, -0.2) is 26.2 Å². The third kappa shape index (κ3) is 4.77. The molecule has 0 aliphatic carbocycles. The summed E-state index contributed by atoms with van der Waals surface area (Å²) in [6.45, 7) is 5.76. The lowest BCUT2D eigenvalue weighted by atomic mass is 10.0. The number of hydrogen-bond acceptors (Lipinski definition) is 4. The molecule has 6 nitrogen and oxygen atoms in total. The Hall–Kier alpha value is -1.92. The van der Waals surface area contributed by atoms with Crippen LogP contribution in [0.4, 0.5) is 0 Å². The number of rotatable bonds is 6. The van der Waals surface area contributed by atoms with Crippen LogP contribution in [-0.2, 0) is 4.79 Å². The van der Waals surface area contributed by atoms with Crippen molar-refractivity contribution in [2.24, 2.45) is 5.92 Å². The van der Waals surface area contributed by atoms with E-state index in [1.54, 1.807) is 31.2 Å². The Morgan fingerprint density at radius 3 is 2.52 bits per heavy atom. The number of aromatic amines is 1. The minimum absolute atomic E-state index is 0.0335. The first kappa shape index (κ1) is 17.4. The van der Waals surface area contributed by atoms with E-state index in [4.69, 9.17) is 11.6 Å². The maximum atomic E-state index is 12.2. The summed E-state index contributed by atoms with van der Waals surface area (Å²) >= 11 is 5.82. The molecule has 2 unspecified atom stereocenters. The van der Waals surface area contributed by atoms with Gasteiger partial charge in [0.1, 0.15) is 5.82 Å². The maximum absolute atomic E-state index is 12.2. The SMILES string of the molecule is Cc1nc(C(NC(=O)CC(O)c2ccc(Cl)cc2)C(C)C)n[nH]1. The van der Waals surface area contributed by atoms with Gasteiger partial charge in [-0.15, -0.1) is 0 Å². The molecular formula is C16H21ClN4O2. The second-order valence-corrected chi connectivity index (χ2v) is 6.28. The molecule has 7 heteroatoms. The summed E-state index contributed by atoms with van der Waals surface area (Å²) in [5, 5.41) is 20.5. The third-order valence-corrected chi connectivity index (χ3v) is 3.76. The highest BCUT2D eigenvalue weighted by Crippen LogP contribution is 2.22. The molecular weight excluding hydrogens is 316 g/mol. The van der Waals surface area contributed by atoms with Crippen LogP contribution >= 0.6 is 11.6 Å². The Balaban J connectivity index is 2.00. The van der Waals surface area contributed by atoms with Gasteiger partial charge in [0.25, 0.3) is 0 Å². The average Bonchev–Trinajstić information content (AvgIpc) is 2.91. The molecule has 2 aromatic rings. The molecule has 23 heavy (non-hydrogen) atoms. The highest BCUT2D eigenvalue weighted by Gasteiger charge is 2.23. The number of carbonyl (C=O) groups is 1. The van der Waals surface area contributed by atoms with Gasteiger partial charge in [0, 0.05) is 5.02 Å². The minimum Gasteiger partial charge on any atom is -0.388 e. The lowest BCUT2D eigenvalue weighted by Crippen LogP contribution is -2.33. The summed E-state index contributed by atoms with van der Waals surface area (Å²) in [7, 11) is 0. The molecule has 0 bridgehead atoms. The van der Waals surface area contributed by atoms with Crippen LogP contribution in [0.2, 0.25) is 5.02 Å². The number of hydrogen-bond donors (Lipinski definition) is 3. The number of carbonyl (C=O) groups excluding carboxylic acids is 1. The predicted molar refractivity (Wildman–Crippen MR) is 87.9 cm³/mol. The van der Waals surface area contributed by atoms with Gasteiger partial charge in [-0.2, -0.15) is 5.10 Å². The van der Waals surface area contributed by atoms with Crippen LogP contribution in [0.1, 0.15) is 49.6 Å². The fourth-order valence-electron chi connectivity index (χ4n) is 2.24. The van der Waals surface area contributed by atoms with E-state index in [0.29, 0.717) is 22.2 Å². The van der Waals surface area contributed by atoms with E-state index in [-0.39, 0.29) is 24.3 Å². The van der Waals surface area contributed by atoms with Crippen molar-refractivity contribution in [3.63, 3.8) is 0 Å². The number of nitrogens with zero attached hydrogens (tertiary/aromatic N) is 2. The summed E-state index contributed by atoms with van der Waals surface area (Å²) in [4.78, 5) is 16.5. The first-order chi connectivity index (χ1) is 10.9. The molecule has 124 valence electrons. The summed E-state index contributed by atoms with van der Waals surface area (Å²) < 4.78 is 0. The Bertz CT molecular complexity index is 654. The molecule has 1 heterocycles. The summed E-state index contributed by atoms with van der Waals surface area (Å²) in [6.07, 6.45) is -0.914. The fourth-order valence-corrected chi connectivity index (χ4v) is 2.37. The van der Waals surface area contributed by atoms with Crippen molar-refractivity contribution in [1.82, 2.24) is 20.5 Å². The van der Waals surface area contributed by atoms with Crippen molar-refractivity contribution in [2.45, 2.75) is 39.3 Å². The number of amides is 1. The predicted octanol–water partition coefficient (Wildman–Crippen LogP) is 2.70. The number of aliphatic hydroxyl groups is 1. The zero-order chi connectivity index (χ0) is 17.0. The van der Waals surface area contributed by atoms with E-state index >= 15 is 0 Å². The molecule has 0 saturated heterocycles. The van der Waals surface area contributed by atoms with Crippen LogP contribution in [0, 0.1) is 12.8 Å². The zero-order valence-corrected chi connectivity index (χ0v) is 14.1. The van der Waals surface area contributed by atoms with Gasteiger partial charge in [-0.05, 0) is 30.5 Å². The van der Waals surface area contributed by atoms with Gasteiger partial charge in [0.05, 0.1) is 18.6 Å². The molecule has 3 N–H and O–H groups in total. The lowest BCUT2D eigenvalue weighted by Gasteiger charge is -2.20. The Morgan fingerprint density at radius 2 is 2.00 bits per heavy atom. The molecule has 0 aliphatic rings. The van der Waals surface area contributed by atoms with Crippen molar-refractivity contribution in [3.05, 3.63) is 46.5 Å². The van der Waals surface area contributed by atoms with Crippen LogP contribution in [0.3, 0.4) is 0 Å². The Labute approximate surface area is 140 Å². The van der Waals surface area contributed by atoms with E-state index in [1.807, 2.05) is 13.8 Å². The van der Waals surface area contributed by atoms with Gasteiger partial charge in [-0.3, -0.25) is 9.89 Å². The summed E-state index contributed by atoms with van der Waals surface area (Å²) in [5.74, 6) is 1.11. The van der Waals surface area contributed by atoms with Gasteiger partial charge < -0.3 is 10.4 Å². The Kier molecular flexibility index (Phi) is 5.74. The number of aromatic nitrogens is 3. The molecule has 0 aliphatic heterocycles. The van der Waals surface area contributed by atoms with Crippen LogP contribution in [0.5, 0.6) is 0 Å². The molecule has 1 aromatic carbocycles. The second kappa shape index (κ2) is 7.57. The van der Waals surface area contributed by atoms with Crippen molar-refractivity contribution >= 4 is 17.5 Å². The molecule has 1 aromatic heterocycles. The normalized spacial score (nSPS) is 13.8. The number of aliphatic hydroxyl groups excluding tert-OH is 1. The topological polar surface area (TPSA) is 90.9 Å². The third-order valence-electron chi connectivity index (χ3n) is 3.51. The van der Waals surface area contributed by atoms with Crippen molar-refractivity contribution < 1.29 is 9.90 Å². The maximum Gasteiger partial charge on any atom is 0.223 e. The quantitative estimate of drug-likeness (QED) is 0.756. The van der Waals surface area contributed by atoms with Crippen molar-refractivity contribution in [3.8, 4) is 0 Å². The van der Waals surface area contributed by atoms with Crippen molar-refractivity contribution in [1.29, 1.82) is 0 Å². The fraction of sp³-hybridized carbons (Fsp3) is 0.438. The number of benzene rings is 1. The highest BCUT2D eigenvalue weighted by molar-refractivity contribution is 6.30. The van der Waals surface area contributed by atoms with E-state index in [2.05, 4.69) is 20.5 Å². The second-order valence-electron chi connectivity index (χ2n) is 5.84. The van der Waals surface area contributed by atoms with Crippen LogP contribution < -0.4 is 5.32 Å². The molecule has 2 rings (SSSR count). The molecule has 0 fully saturated rings. The average molecular weight is 337 g/mol. The summed E-state index contributed by atoms with van der Waals surface area (Å²) in [6, 6.07) is 6.49. The van der Waals surface area contributed by atoms with E-state index < -0.39 is 6.10 Å². The summed E-state index contributed by atoms with van der Waals surface area (Å²) in [5.41, 5.74) is 0.652. The van der Waals surface area contributed by atoms with E-state index in [1.165, 1.54) is 0 Å². The van der Waals surface area contributed by atoms with Gasteiger partial charge in [0.15, 0.2) is 5.82 Å². The molecule has 0 saturated carbocycles. The van der Waals surface area contributed by atoms with E-state index in [9.17, 15) is 9.90 Å². The lowest BCUT2D eigenvalue weighted by molar-refractivity contribution is -0.124. The number of aryl methyl sites for hydroxylation is 1. The molecule has 1 amide bonds. The molecule has 0 radical (unpaired) electrons. The van der Waals surface area contributed by atoms with Gasteiger partial charge in [0.2, 0.25) is 5.91 Å². The largest absolute Gasteiger partial charge is 0.388 e. The standard InChI is InChI=1S/C16H21ClN4O2/c1-9(2)15(16-18-10(3)20-21-16)19-14(23)8-13(22)11-4-6-12(17)7-5-11/h4-7,9,13,15,22H,8H2,1-3H3,(H,19,23)(H,18,20,21). The Morgan fingerprint density at radius 1 is 1.35 bits per heavy atom. The van der Waals surface area contributed by atoms with Crippen LogP contribution in [0.15, 0.2) is 24.3 Å².